The fourth-order valence-corrected chi connectivity index (χ4v) is 2.88. The highest BCUT2D eigenvalue weighted by Crippen LogP contribution is 2.27. The summed E-state index contributed by atoms with van der Waals surface area (Å²) < 4.78 is 0. The molecule has 1 aromatic carbocycles. The topological polar surface area (TPSA) is 35.5 Å². The molecule has 3 nitrogen and oxygen atoms in total. The molecule has 1 atom stereocenters. The third kappa shape index (κ3) is 3.71. The first-order valence-electron chi connectivity index (χ1n) is 7.53. The van der Waals surface area contributed by atoms with Gasteiger partial charge in [0.25, 0.3) is 0 Å². The molecule has 1 heterocycles. The predicted octanol–water partition coefficient (Wildman–Crippen LogP) is 2.54. The number of aliphatic hydroxyl groups excluding tert-OH is 1. The highest BCUT2D eigenvalue weighted by atomic mass is 16.3. The number of anilines is 1. The molecule has 0 aliphatic carbocycles. The average Bonchev–Trinajstić information content (AvgIpc) is 2.70. The van der Waals surface area contributed by atoms with Crippen LogP contribution in [-0.4, -0.2) is 30.8 Å². The van der Waals surface area contributed by atoms with Gasteiger partial charge in [-0.1, -0.05) is 38.0 Å². The van der Waals surface area contributed by atoms with Gasteiger partial charge in [-0.05, 0) is 31.0 Å². The molecule has 1 saturated heterocycles. The molecule has 0 amide bonds. The Labute approximate surface area is 116 Å². The lowest BCUT2D eigenvalue weighted by atomic mass is 10.1. The van der Waals surface area contributed by atoms with E-state index in [-0.39, 0.29) is 12.6 Å². The highest BCUT2D eigenvalue weighted by molar-refractivity contribution is 5.54. The number of hydrogen-bond donors (Lipinski definition) is 2. The molecule has 0 radical (unpaired) electrons. The van der Waals surface area contributed by atoms with E-state index in [0.29, 0.717) is 0 Å². The van der Waals surface area contributed by atoms with Crippen molar-refractivity contribution in [2.24, 2.45) is 0 Å². The second-order valence-electron chi connectivity index (χ2n) is 5.29. The summed E-state index contributed by atoms with van der Waals surface area (Å²) in [5.41, 5.74) is 2.63. The summed E-state index contributed by atoms with van der Waals surface area (Å²) >= 11 is 0. The molecule has 106 valence electrons. The van der Waals surface area contributed by atoms with E-state index in [0.717, 1.165) is 26.1 Å². The number of rotatable bonds is 5. The van der Waals surface area contributed by atoms with Crippen LogP contribution in [0.4, 0.5) is 5.69 Å². The minimum Gasteiger partial charge on any atom is -0.394 e. The minimum atomic E-state index is 0.259. The predicted molar refractivity (Wildman–Crippen MR) is 80.5 cm³/mol. The molecule has 1 aromatic rings. The molecular weight excluding hydrogens is 236 g/mol. The second-order valence-corrected chi connectivity index (χ2v) is 5.29. The van der Waals surface area contributed by atoms with Crippen molar-refractivity contribution in [3.63, 3.8) is 0 Å². The molecule has 19 heavy (non-hydrogen) atoms. The van der Waals surface area contributed by atoms with Crippen molar-refractivity contribution in [3.05, 3.63) is 29.8 Å². The zero-order chi connectivity index (χ0) is 13.5. The molecular formula is C16H26N2O. The largest absolute Gasteiger partial charge is 0.394 e. The zero-order valence-corrected chi connectivity index (χ0v) is 11.9. The van der Waals surface area contributed by atoms with Gasteiger partial charge in [0.2, 0.25) is 0 Å². The summed E-state index contributed by atoms with van der Waals surface area (Å²) in [4.78, 5) is 2.42. The van der Waals surface area contributed by atoms with Gasteiger partial charge in [0.1, 0.15) is 0 Å². The van der Waals surface area contributed by atoms with Crippen molar-refractivity contribution in [3.8, 4) is 0 Å². The van der Waals surface area contributed by atoms with Crippen molar-refractivity contribution in [1.29, 1.82) is 0 Å². The van der Waals surface area contributed by atoms with E-state index in [9.17, 15) is 5.11 Å². The fourth-order valence-electron chi connectivity index (χ4n) is 2.88. The van der Waals surface area contributed by atoms with Crippen LogP contribution in [0.3, 0.4) is 0 Å². The summed E-state index contributed by atoms with van der Waals surface area (Å²) in [5.74, 6) is 0. The van der Waals surface area contributed by atoms with E-state index in [1.807, 2.05) is 0 Å². The van der Waals surface area contributed by atoms with Crippen LogP contribution < -0.4 is 10.2 Å². The lowest BCUT2D eigenvalue weighted by Gasteiger charge is -2.32. The summed E-state index contributed by atoms with van der Waals surface area (Å²) in [6.07, 6.45) is 4.84. The van der Waals surface area contributed by atoms with E-state index < -0.39 is 0 Å². The molecule has 1 fully saturated rings. The van der Waals surface area contributed by atoms with Crippen LogP contribution in [0.15, 0.2) is 24.3 Å². The maximum Gasteiger partial charge on any atom is 0.0635 e. The molecule has 2 rings (SSSR count). The van der Waals surface area contributed by atoms with Crippen LogP contribution in [0.25, 0.3) is 0 Å². The Morgan fingerprint density at radius 1 is 1.26 bits per heavy atom. The zero-order valence-electron chi connectivity index (χ0n) is 11.9. The number of nitrogens with one attached hydrogen (secondary N) is 1. The quantitative estimate of drug-likeness (QED) is 0.856. The van der Waals surface area contributed by atoms with Gasteiger partial charge in [-0.25, -0.2) is 0 Å². The Morgan fingerprint density at radius 3 is 2.89 bits per heavy atom. The SMILES string of the molecule is CCNCc1ccccc1N1CCCCCC1CO. The lowest BCUT2D eigenvalue weighted by molar-refractivity contribution is 0.255. The van der Waals surface area contributed by atoms with Gasteiger partial charge >= 0.3 is 0 Å². The van der Waals surface area contributed by atoms with E-state index >= 15 is 0 Å². The molecule has 1 aliphatic rings. The van der Waals surface area contributed by atoms with Gasteiger partial charge in [0.05, 0.1) is 12.6 Å². The van der Waals surface area contributed by atoms with Crippen LogP contribution in [0.1, 0.15) is 38.2 Å². The van der Waals surface area contributed by atoms with Gasteiger partial charge in [-0.2, -0.15) is 0 Å². The van der Waals surface area contributed by atoms with Crippen LogP contribution in [-0.2, 0) is 6.54 Å². The van der Waals surface area contributed by atoms with E-state index in [2.05, 4.69) is 41.4 Å². The molecule has 1 aliphatic heterocycles. The fraction of sp³-hybridized carbons (Fsp3) is 0.625. The van der Waals surface area contributed by atoms with Crippen molar-refractivity contribution in [1.82, 2.24) is 5.32 Å². The first kappa shape index (κ1) is 14.4. The van der Waals surface area contributed by atoms with Gasteiger partial charge < -0.3 is 15.3 Å². The standard InChI is InChI=1S/C16H26N2O/c1-2-17-12-14-8-5-6-10-16(14)18-11-7-3-4-9-15(18)13-19/h5-6,8,10,15,17,19H,2-4,7,9,11-13H2,1H3. The van der Waals surface area contributed by atoms with Crippen molar-refractivity contribution in [2.45, 2.75) is 45.2 Å². The summed E-state index contributed by atoms with van der Waals surface area (Å²) in [6, 6.07) is 8.87. The Bertz CT molecular complexity index is 381. The number of benzene rings is 1. The maximum atomic E-state index is 9.66. The monoisotopic (exact) mass is 262 g/mol. The average molecular weight is 262 g/mol. The van der Waals surface area contributed by atoms with Crippen LogP contribution in [0.2, 0.25) is 0 Å². The summed E-state index contributed by atoms with van der Waals surface area (Å²) in [6.45, 7) is 5.34. The maximum absolute atomic E-state index is 9.66. The molecule has 0 saturated carbocycles. The number of hydrogen-bond acceptors (Lipinski definition) is 3. The third-order valence-electron chi connectivity index (χ3n) is 3.95. The van der Waals surface area contributed by atoms with Gasteiger partial charge in [-0.15, -0.1) is 0 Å². The van der Waals surface area contributed by atoms with E-state index in [1.54, 1.807) is 0 Å². The molecule has 0 aromatic heterocycles. The summed E-state index contributed by atoms with van der Waals surface area (Å²) in [5, 5.41) is 13.1. The Kier molecular flexibility index (Phi) is 5.67. The number of aliphatic hydroxyl groups is 1. The van der Waals surface area contributed by atoms with Crippen molar-refractivity contribution >= 4 is 5.69 Å². The van der Waals surface area contributed by atoms with Crippen LogP contribution in [0, 0.1) is 0 Å². The normalized spacial score (nSPS) is 20.3. The van der Waals surface area contributed by atoms with Crippen molar-refractivity contribution < 1.29 is 5.11 Å². The third-order valence-corrected chi connectivity index (χ3v) is 3.95. The summed E-state index contributed by atoms with van der Waals surface area (Å²) in [7, 11) is 0. The highest BCUT2D eigenvalue weighted by Gasteiger charge is 2.22. The van der Waals surface area contributed by atoms with Gasteiger partial charge in [0, 0.05) is 18.8 Å². The number of para-hydroxylation sites is 1. The van der Waals surface area contributed by atoms with Gasteiger partial charge in [-0.3, -0.25) is 0 Å². The minimum absolute atomic E-state index is 0.259. The molecule has 2 N–H and O–H groups in total. The molecule has 0 spiro atoms. The Balaban J connectivity index is 2.21. The van der Waals surface area contributed by atoms with E-state index in [4.69, 9.17) is 0 Å². The first-order valence-corrected chi connectivity index (χ1v) is 7.53. The van der Waals surface area contributed by atoms with Crippen molar-refractivity contribution in [2.75, 3.05) is 24.6 Å². The van der Waals surface area contributed by atoms with E-state index in [1.165, 1.54) is 30.5 Å². The smallest absolute Gasteiger partial charge is 0.0635 e. The molecule has 3 heteroatoms. The van der Waals surface area contributed by atoms with Crippen LogP contribution >= 0.6 is 0 Å². The number of nitrogens with zero attached hydrogens (tertiary/aromatic N) is 1. The Hall–Kier alpha value is -1.06. The molecule has 0 bridgehead atoms. The second kappa shape index (κ2) is 7.51. The van der Waals surface area contributed by atoms with Gasteiger partial charge in [0.15, 0.2) is 0 Å². The lowest BCUT2D eigenvalue weighted by Crippen LogP contribution is -2.38. The van der Waals surface area contributed by atoms with Crippen LogP contribution in [0.5, 0.6) is 0 Å². The molecule has 1 unspecified atom stereocenters. The first-order chi connectivity index (χ1) is 9.36. The Morgan fingerprint density at radius 2 is 2.11 bits per heavy atom.